The Bertz CT molecular complexity index is 109. The van der Waals surface area contributed by atoms with Gasteiger partial charge in [0.2, 0.25) is 0 Å². The molecule has 0 aromatic rings. The Balaban J connectivity index is 2.30. The minimum absolute atomic E-state index is 0.190. The van der Waals surface area contributed by atoms with Crippen molar-refractivity contribution in [2.45, 2.75) is 18.9 Å². The molecule has 2 atom stereocenters. The summed E-state index contributed by atoms with van der Waals surface area (Å²) in [6.07, 6.45) is 1.48. The summed E-state index contributed by atoms with van der Waals surface area (Å²) in [4.78, 5) is 2.12. The fourth-order valence-electron chi connectivity index (χ4n) is 1.80. The number of likely N-dealkylation sites (tertiary alicyclic amines) is 1. The van der Waals surface area contributed by atoms with Gasteiger partial charge < -0.3 is 15.1 Å². The maximum atomic E-state index is 9.35. The van der Waals surface area contributed by atoms with Crippen LogP contribution in [0, 0.1) is 5.92 Å². The Kier molecular flexibility index (Phi) is 3.30. The monoisotopic (exact) mass is 159 g/mol. The second kappa shape index (κ2) is 4.04. The van der Waals surface area contributed by atoms with Crippen molar-refractivity contribution in [1.29, 1.82) is 0 Å². The van der Waals surface area contributed by atoms with Crippen LogP contribution in [0.4, 0.5) is 0 Å². The molecule has 0 spiro atoms. The maximum absolute atomic E-state index is 9.35. The van der Waals surface area contributed by atoms with Crippen LogP contribution in [-0.4, -0.2) is 48.0 Å². The lowest BCUT2D eigenvalue weighted by Crippen LogP contribution is -2.40. The molecule has 1 fully saturated rings. The Morgan fingerprint density at radius 1 is 1.45 bits per heavy atom. The first-order chi connectivity index (χ1) is 5.22. The van der Waals surface area contributed by atoms with Crippen molar-refractivity contribution in [1.82, 2.24) is 4.90 Å². The summed E-state index contributed by atoms with van der Waals surface area (Å²) in [6.45, 7) is 2.03. The predicted octanol–water partition coefficient (Wildman–Crippen LogP) is -0.319. The van der Waals surface area contributed by atoms with Crippen molar-refractivity contribution in [3.8, 4) is 0 Å². The topological polar surface area (TPSA) is 43.7 Å². The van der Waals surface area contributed by atoms with Gasteiger partial charge in [-0.1, -0.05) is 0 Å². The van der Waals surface area contributed by atoms with Crippen LogP contribution in [0.15, 0.2) is 0 Å². The van der Waals surface area contributed by atoms with E-state index in [1.165, 1.54) is 0 Å². The van der Waals surface area contributed by atoms with E-state index in [0.717, 1.165) is 25.9 Å². The number of nitrogens with zero attached hydrogens (tertiary/aromatic N) is 1. The van der Waals surface area contributed by atoms with Gasteiger partial charge in [-0.25, -0.2) is 0 Å². The normalized spacial score (nSPS) is 34.1. The minimum atomic E-state index is -0.190. The van der Waals surface area contributed by atoms with Gasteiger partial charge in [0.05, 0.1) is 6.10 Å². The summed E-state index contributed by atoms with van der Waals surface area (Å²) >= 11 is 0. The number of hydrogen-bond donors (Lipinski definition) is 2. The third-order valence-corrected chi connectivity index (χ3v) is 2.24. The lowest BCUT2D eigenvalue weighted by molar-refractivity contribution is 0.0450. The zero-order valence-electron chi connectivity index (χ0n) is 7.03. The van der Waals surface area contributed by atoms with Gasteiger partial charge in [-0.15, -0.1) is 0 Å². The van der Waals surface area contributed by atoms with Gasteiger partial charge in [-0.3, -0.25) is 0 Å². The smallest absolute Gasteiger partial charge is 0.0670 e. The highest BCUT2D eigenvalue weighted by Gasteiger charge is 2.22. The third kappa shape index (κ3) is 2.77. The Hall–Kier alpha value is -0.120. The summed E-state index contributed by atoms with van der Waals surface area (Å²) < 4.78 is 0. The molecule has 1 aliphatic heterocycles. The Morgan fingerprint density at radius 3 is 2.73 bits per heavy atom. The second-order valence-corrected chi connectivity index (χ2v) is 3.49. The highest BCUT2D eigenvalue weighted by Crippen LogP contribution is 2.18. The van der Waals surface area contributed by atoms with E-state index in [9.17, 15) is 5.11 Å². The molecule has 0 aromatic carbocycles. The van der Waals surface area contributed by atoms with Gasteiger partial charge in [0.15, 0.2) is 0 Å². The molecule has 0 aliphatic carbocycles. The van der Waals surface area contributed by atoms with Crippen LogP contribution in [-0.2, 0) is 0 Å². The molecule has 3 nitrogen and oxygen atoms in total. The largest absolute Gasteiger partial charge is 0.396 e. The second-order valence-electron chi connectivity index (χ2n) is 3.49. The molecular weight excluding hydrogens is 142 g/mol. The molecule has 1 rings (SSSR count). The molecule has 0 bridgehead atoms. The van der Waals surface area contributed by atoms with E-state index in [1.54, 1.807) is 0 Å². The van der Waals surface area contributed by atoms with Gasteiger partial charge in [0.1, 0.15) is 0 Å². The molecule has 0 saturated carbocycles. The van der Waals surface area contributed by atoms with E-state index in [2.05, 4.69) is 4.90 Å². The zero-order chi connectivity index (χ0) is 8.27. The van der Waals surface area contributed by atoms with Gasteiger partial charge in [-0.2, -0.15) is 0 Å². The molecule has 1 heterocycles. The number of rotatable bonds is 2. The van der Waals surface area contributed by atoms with Gasteiger partial charge >= 0.3 is 0 Å². The standard InChI is InChI=1S/C8H17NO2/c1-9-5-7(2-3-10)4-8(11)6-9/h7-8,10-11H,2-6H2,1H3/t7-,8-/m0/s1. The highest BCUT2D eigenvalue weighted by molar-refractivity contribution is 4.76. The van der Waals surface area contributed by atoms with Gasteiger partial charge in [0, 0.05) is 19.7 Å². The SMILES string of the molecule is CN1C[C@@H](O)C[C@H](CCO)C1. The molecule has 1 aliphatic rings. The lowest BCUT2D eigenvalue weighted by atomic mass is 9.94. The Morgan fingerprint density at radius 2 is 2.18 bits per heavy atom. The van der Waals surface area contributed by atoms with Crippen LogP contribution in [0.2, 0.25) is 0 Å². The Labute approximate surface area is 67.6 Å². The number of likely N-dealkylation sites (N-methyl/N-ethyl adjacent to an activating group) is 1. The maximum Gasteiger partial charge on any atom is 0.0670 e. The van der Waals surface area contributed by atoms with Crippen molar-refractivity contribution in [2.24, 2.45) is 5.92 Å². The van der Waals surface area contributed by atoms with E-state index in [4.69, 9.17) is 5.11 Å². The average Bonchev–Trinajstić information content (AvgIpc) is 1.85. The summed E-state index contributed by atoms with van der Waals surface area (Å²) in [5.74, 6) is 0.480. The number of aliphatic hydroxyl groups excluding tert-OH is 2. The third-order valence-electron chi connectivity index (χ3n) is 2.24. The van der Waals surface area contributed by atoms with Crippen LogP contribution in [0.1, 0.15) is 12.8 Å². The number of hydrogen-bond acceptors (Lipinski definition) is 3. The molecule has 66 valence electrons. The average molecular weight is 159 g/mol. The quantitative estimate of drug-likeness (QED) is 0.580. The highest BCUT2D eigenvalue weighted by atomic mass is 16.3. The van der Waals surface area contributed by atoms with E-state index in [0.29, 0.717) is 5.92 Å². The van der Waals surface area contributed by atoms with Crippen LogP contribution < -0.4 is 0 Å². The predicted molar refractivity (Wildman–Crippen MR) is 43.3 cm³/mol. The van der Waals surface area contributed by atoms with Crippen molar-refractivity contribution < 1.29 is 10.2 Å². The molecule has 1 saturated heterocycles. The van der Waals surface area contributed by atoms with Crippen LogP contribution in [0.5, 0.6) is 0 Å². The number of aliphatic hydroxyl groups is 2. The summed E-state index contributed by atoms with van der Waals surface area (Å²) in [5, 5.41) is 18.0. The van der Waals surface area contributed by atoms with Crippen LogP contribution >= 0.6 is 0 Å². The zero-order valence-corrected chi connectivity index (χ0v) is 7.03. The summed E-state index contributed by atoms with van der Waals surface area (Å²) in [5.41, 5.74) is 0. The lowest BCUT2D eigenvalue weighted by Gasteiger charge is -2.32. The molecule has 2 N–H and O–H groups in total. The van der Waals surface area contributed by atoms with Crippen LogP contribution in [0.3, 0.4) is 0 Å². The van der Waals surface area contributed by atoms with E-state index in [1.807, 2.05) is 7.05 Å². The minimum Gasteiger partial charge on any atom is -0.396 e. The van der Waals surface area contributed by atoms with Gasteiger partial charge in [-0.05, 0) is 25.8 Å². The summed E-state index contributed by atoms with van der Waals surface area (Å²) in [6, 6.07) is 0. The first-order valence-corrected chi connectivity index (χ1v) is 4.20. The van der Waals surface area contributed by atoms with Crippen molar-refractivity contribution >= 4 is 0 Å². The van der Waals surface area contributed by atoms with Crippen molar-refractivity contribution in [3.05, 3.63) is 0 Å². The molecule has 11 heavy (non-hydrogen) atoms. The number of piperidine rings is 1. The van der Waals surface area contributed by atoms with Crippen molar-refractivity contribution in [2.75, 3.05) is 26.7 Å². The first kappa shape index (κ1) is 8.97. The molecule has 0 radical (unpaired) electrons. The fraction of sp³-hybridized carbons (Fsp3) is 1.00. The fourth-order valence-corrected chi connectivity index (χ4v) is 1.80. The molecular formula is C8H17NO2. The first-order valence-electron chi connectivity index (χ1n) is 4.20. The molecule has 0 aromatic heterocycles. The van der Waals surface area contributed by atoms with Gasteiger partial charge in [0.25, 0.3) is 0 Å². The summed E-state index contributed by atoms with van der Waals surface area (Å²) in [7, 11) is 2.01. The number of β-amino-alcohol motifs (C(OH)–C–C–N with tert-alkyl or cyclic N) is 1. The van der Waals surface area contributed by atoms with Crippen LogP contribution in [0.25, 0.3) is 0 Å². The molecule has 0 unspecified atom stereocenters. The van der Waals surface area contributed by atoms with E-state index >= 15 is 0 Å². The van der Waals surface area contributed by atoms with Crippen molar-refractivity contribution in [3.63, 3.8) is 0 Å². The van der Waals surface area contributed by atoms with E-state index < -0.39 is 0 Å². The van der Waals surface area contributed by atoms with E-state index in [-0.39, 0.29) is 12.7 Å². The molecule has 0 amide bonds. The molecule has 3 heteroatoms.